The van der Waals surface area contributed by atoms with Crippen molar-refractivity contribution in [1.82, 2.24) is 19.6 Å². The van der Waals surface area contributed by atoms with Crippen LogP contribution in [0.5, 0.6) is 0 Å². The van der Waals surface area contributed by atoms with Gasteiger partial charge < -0.3 is 4.74 Å². The van der Waals surface area contributed by atoms with E-state index in [-0.39, 0.29) is 5.97 Å². The van der Waals surface area contributed by atoms with E-state index in [2.05, 4.69) is 29.0 Å². The molecule has 0 aliphatic rings. The molecule has 6 nitrogen and oxygen atoms in total. The molecule has 0 aromatic carbocycles. The Labute approximate surface area is 111 Å². The van der Waals surface area contributed by atoms with Gasteiger partial charge in [-0.05, 0) is 19.3 Å². The summed E-state index contributed by atoms with van der Waals surface area (Å²) in [6.07, 6.45) is 3.95. The highest BCUT2D eigenvalue weighted by atomic mass is 16.5. The van der Waals surface area contributed by atoms with Crippen LogP contribution in [-0.2, 0) is 9.53 Å². The molecule has 2 heterocycles. The predicted octanol–water partition coefficient (Wildman–Crippen LogP) is 1.82. The Balaban J connectivity index is 2.39. The third-order valence-corrected chi connectivity index (χ3v) is 2.83. The third-order valence-electron chi connectivity index (χ3n) is 2.83. The standard InChI is InChI=1S/C13H18N4O2/c1-4-19-13(18)10(7-9(2)3)12-16-15-11-5-6-14-8-17(11)12/h5-6,8-10H,4,7H2,1-3H3. The highest BCUT2D eigenvalue weighted by Gasteiger charge is 2.27. The highest BCUT2D eigenvalue weighted by Crippen LogP contribution is 2.24. The molecule has 0 bridgehead atoms. The molecule has 0 aliphatic carbocycles. The average Bonchev–Trinajstić information content (AvgIpc) is 2.79. The van der Waals surface area contributed by atoms with Crippen molar-refractivity contribution in [3.8, 4) is 0 Å². The van der Waals surface area contributed by atoms with E-state index < -0.39 is 5.92 Å². The van der Waals surface area contributed by atoms with E-state index in [0.29, 0.717) is 30.4 Å². The van der Waals surface area contributed by atoms with Gasteiger partial charge in [-0.3, -0.25) is 9.20 Å². The zero-order chi connectivity index (χ0) is 13.8. The lowest BCUT2D eigenvalue weighted by Gasteiger charge is -2.15. The van der Waals surface area contributed by atoms with Crippen molar-refractivity contribution in [3.63, 3.8) is 0 Å². The van der Waals surface area contributed by atoms with Gasteiger partial charge in [0.25, 0.3) is 0 Å². The molecule has 0 amide bonds. The number of fused-ring (bicyclic) bond motifs is 1. The van der Waals surface area contributed by atoms with Gasteiger partial charge in [0.1, 0.15) is 12.2 Å². The van der Waals surface area contributed by atoms with Crippen molar-refractivity contribution in [1.29, 1.82) is 0 Å². The maximum atomic E-state index is 12.1. The molecule has 1 atom stereocenters. The molecule has 2 rings (SSSR count). The topological polar surface area (TPSA) is 69.4 Å². The van der Waals surface area contributed by atoms with Gasteiger partial charge >= 0.3 is 5.97 Å². The van der Waals surface area contributed by atoms with Crippen LogP contribution < -0.4 is 0 Å². The van der Waals surface area contributed by atoms with Gasteiger partial charge in [-0.1, -0.05) is 13.8 Å². The number of aromatic nitrogens is 4. The van der Waals surface area contributed by atoms with E-state index in [0.717, 1.165) is 0 Å². The lowest BCUT2D eigenvalue weighted by atomic mass is 9.96. The molecule has 0 saturated heterocycles. The van der Waals surface area contributed by atoms with E-state index in [1.807, 2.05) is 0 Å². The SMILES string of the molecule is CCOC(=O)C(CC(C)C)c1nnc2ccncn12. The smallest absolute Gasteiger partial charge is 0.316 e. The van der Waals surface area contributed by atoms with Gasteiger partial charge in [-0.25, -0.2) is 4.98 Å². The molecule has 0 spiro atoms. The first kappa shape index (κ1) is 13.5. The molecule has 2 aromatic rings. The minimum absolute atomic E-state index is 0.255. The van der Waals surface area contributed by atoms with Gasteiger partial charge in [0.2, 0.25) is 0 Å². The molecule has 0 N–H and O–H groups in total. The van der Waals surface area contributed by atoms with Crippen LogP contribution in [0.2, 0.25) is 0 Å². The summed E-state index contributed by atoms with van der Waals surface area (Å²) in [5.41, 5.74) is 0.683. The van der Waals surface area contributed by atoms with Crippen LogP contribution in [0.1, 0.15) is 38.9 Å². The number of hydrogen-bond acceptors (Lipinski definition) is 5. The molecular formula is C13H18N4O2. The number of ether oxygens (including phenoxy) is 1. The van der Waals surface area contributed by atoms with Gasteiger partial charge in [0.15, 0.2) is 11.5 Å². The number of nitrogens with zero attached hydrogens (tertiary/aromatic N) is 4. The van der Waals surface area contributed by atoms with E-state index in [1.54, 1.807) is 29.9 Å². The van der Waals surface area contributed by atoms with E-state index >= 15 is 0 Å². The predicted molar refractivity (Wildman–Crippen MR) is 69.6 cm³/mol. The number of rotatable bonds is 5. The number of hydrogen-bond donors (Lipinski definition) is 0. The summed E-state index contributed by atoms with van der Waals surface area (Å²) in [7, 11) is 0. The summed E-state index contributed by atoms with van der Waals surface area (Å²) in [4.78, 5) is 16.1. The van der Waals surface area contributed by atoms with Crippen LogP contribution in [0.25, 0.3) is 5.65 Å². The maximum absolute atomic E-state index is 12.1. The normalized spacial score (nSPS) is 12.8. The second-order valence-corrected chi connectivity index (χ2v) is 4.80. The lowest BCUT2D eigenvalue weighted by Crippen LogP contribution is -2.20. The van der Waals surface area contributed by atoms with Crippen molar-refractivity contribution in [3.05, 3.63) is 24.4 Å². The quantitative estimate of drug-likeness (QED) is 0.769. The second-order valence-electron chi connectivity index (χ2n) is 4.80. The summed E-state index contributed by atoms with van der Waals surface area (Å²) < 4.78 is 6.88. The molecule has 0 fully saturated rings. The monoisotopic (exact) mass is 262 g/mol. The van der Waals surface area contributed by atoms with Crippen molar-refractivity contribution in [2.45, 2.75) is 33.1 Å². The zero-order valence-corrected chi connectivity index (χ0v) is 11.4. The molecule has 0 saturated carbocycles. The third kappa shape index (κ3) is 2.89. The molecule has 2 aromatic heterocycles. The van der Waals surface area contributed by atoms with E-state index in [4.69, 9.17) is 4.74 Å². The Bertz CT molecular complexity index is 565. The summed E-state index contributed by atoms with van der Waals surface area (Å²) in [5, 5.41) is 8.18. The largest absolute Gasteiger partial charge is 0.465 e. The minimum Gasteiger partial charge on any atom is -0.465 e. The average molecular weight is 262 g/mol. The van der Waals surface area contributed by atoms with Crippen LogP contribution in [-0.4, -0.2) is 32.2 Å². The van der Waals surface area contributed by atoms with Crippen molar-refractivity contribution >= 4 is 11.6 Å². The van der Waals surface area contributed by atoms with Crippen molar-refractivity contribution < 1.29 is 9.53 Å². The molecule has 0 radical (unpaired) electrons. The second kappa shape index (κ2) is 5.77. The van der Waals surface area contributed by atoms with Crippen LogP contribution in [0.4, 0.5) is 0 Å². The Morgan fingerprint density at radius 3 is 2.89 bits per heavy atom. The number of carbonyl (C=O) groups excluding carboxylic acids is 1. The summed E-state index contributed by atoms with van der Waals surface area (Å²) in [6.45, 7) is 6.29. The van der Waals surface area contributed by atoms with E-state index in [1.165, 1.54) is 0 Å². The van der Waals surface area contributed by atoms with Crippen molar-refractivity contribution in [2.75, 3.05) is 6.61 Å². The molecule has 19 heavy (non-hydrogen) atoms. The molecule has 6 heteroatoms. The first-order valence-corrected chi connectivity index (χ1v) is 6.44. The fraction of sp³-hybridized carbons (Fsp3) is 0.538. The maximum Gasteiger partial charge on any atom is 0.316 e. The number of carbonyl (C=O) groups is 1. The van der Waals surface area contributed by atoms with Crippen LogP contribution in [0, 0.1) is 5.92 Å². The van der Waals surface area contributed by atoms with Crippen LogP contribution >= 0.6 is 0 Å². The summed E-state index contributed by atoms with van der Waals surface area (Å²) >= 11 is 0. The van der Waals surface area contributed by atoms with Crippen LogP contribution in [0.15, 0.2) is 18.6 Å². The molecule has 1 unspecified atom stereocenters. The van der Waals surface area contributed by atoms with Gasteiger partial charge in [0.05, 0.1) is 6.61 Å². The zero-order valence-electron chi connectivity index (χ0n) is 11.4. The van der Waals surface area contributed by atoms with Gasteiger partial charge in [-0.2, -0.15) is 0 Å². The Kier molecular flexibility index (Phi) is 4.09. The fourth-order valence-corrected chi connectivity index (χ4v) is 2.02. The Hall–Kier alpha value is -1.98. The fourth-order valence-electron chi connectivity index (χ4n) is 2.02. The summed E-state index contributed by atoms with van der Waals surface area (Å²) in [6, 6.07) is 1.76. The summed E-state index contributed by atoms with van der Waals surface area (Å²) in [5.74, 6) is 0.294. The van der Waals surface area contributed by atoms with Crippen molar-refractivity contribution in [2.24, 2.45) is 5.92 Å². The molecule has 102 valence electrons. The van der Waals surface area contributed by atoms with Gasteiger partial charge in [-0.15, -0.1) is 10.2 Å². The lowest BCUT2D eigenvalue weighted by molar-refractivity contribution is -0.145. The first-order valence-electron chi connectivity index (χ1n) is 6.44. The Morgan fingerprint density at radius 1 is 1.42 bits per heavy atom. The molecular weight excluding hydrogens is 244 g/mol. The minimum atomic E-state index is -0.404. The van der Waals surface area contributed by atoms with Gasteiger partial charge in [0, 0.05) is 12.3 Å². The highest BCUT2D eigenvalue weighted by molar-refractivity contribution is 5.77. The first-order chi connectivity index (χ1) is 9.13. The number of esters is 1. The van der Waals surface area contributed by atoms with Crippen LogP contribution in [0.3, 0.4) is 0 Å². The van der Waals surface area contributed by atoms with E-state index in [9.17, 15) is 4.79 Å². The molecule has 0 aliphatic heterocycles. The Morgan fingerprint density at radius 2 is 2.21 bits per heavy atom.